The second-order valence-electron chi connectivity index (χ2n) is 2.55. The Bertz CT molecular complexity index is 95.1. The van der Waals surface area contributed by atoms with Gasteiger partial charge in [-0.05, 0) is 5.92 Å². The molecule has 1 heterocycles. The lowest BCUT2D eigenvalue weighted by atomic mass is 10.1. The zero-order chi connectivity index (χ0) is 6.85. The summed E-state index contributed by atoms with van der Waals surface area (Å²) in [4.78, 5) is 0. The van der Waals surface area contributed by atoms with Crippen LogP contribution in [0.5, 0.6) is 0 Å². The third-order valence-electron chi connectivity index (χ3n) is 1.44. The smallest absolute Gasteiger partial charge is 0.148 e. The van der Waals surface area contributed by atoms with E-state index in [1.807, 2.05) is 0 Å². The van der Waals surface area contributed by atoms with Crippen LogP contribution in [-0.4, -0.2) is 18.3 Å². The van der Waals surface area contributed by atoms with Crippen molar-refractivity contribution in [1.82, 2.24) is 0 Å². The molecule has 0 spiro atoms. The van der Waals surface area contributed by atoms with Crippen molar-refractivity contribution < 1.29 is 9.47 Å². The van der Waals surface area contributed by atoms with Gasteiger partial charge in [-0.15, -0.1) is 12.6 Å². The third-order valence-corrected chi connectivity index (χ3v) is 1.88. The van der Waals surface area contributed by atoms with Crippen LogP contribution in [0.4, 0.5) is 0 Å². The minimum Gasteiger partial charge on any atom is -0.348 e. The first-order chi connectivity index (χ1) is 4.22. The Hall–Kier alpha value is 0.270. The van der Waals surface area contributed by atoms with Gasteiger partial charge in [-0.25, -0.2) is 0 Å². The van der Waals surface area contributed by atoms with Crippen LogP contribution in [0, 0.1) is 5.92 Å². The van der Waals surface area contributed by atoms with Gasteiger partial charge in [0.15, 0.2) is 0 Å². The van der Waals surface area contributed by atoms with Gasteiger partial charge in [0.05, 0.1) is 6.10 Å². The molecule has 2 nitrogen and oxygen atoms in total. The van der Waals surface area contributed by atoms with Gasteiger partial charge in [-0.1, -0.05) is 13.8 Å². The molecule has 1 aliphatic rings. The highest BCUT2D eigenvalue weighted by Crippen LogP contribution is 2.22. The molecule has 9 heavy (non-hydrogen) atoms. The van der Waals surface area contributed by atoms with Crippen molar-refractivity contribution in [2.45, 2.75) is 25.4 Å². The second-order valence-corrected chi connectivity index (χ2v) is 3.06. The number of thiol groups is 1. The molecule has 0 aliphatic carbocycles. The lowest BCUT2D eigenvalue weighted by molar-refractivity contribution is 0.0332. The van der Waals surface area contributed by atoms with Gasteiger partial charge in [0.25, 0.3) is 0 Å². The fraction of sp³-hybridized carbons (Fsp3) is 1.00. The van der Waals surface area contributed by atoms with Crippen LogP contribution < -0.4 is 0 Å². The lowest BCUT2D eigenvalue weighted by Crippen LogP contribution is -2.22. The highest BCUT2D eigenvalue weighted by atomic mass is 32.1. The highest BCUT2D eigenvalue weighted by molar-refractivity contribution is 7.80. The summed E-state index contributed by atoms with van der Waals surface area (Å²) < 4.78 is 10.3. The summed E-state index contributed by atoms with van der Waals surface area (Å²) in [5.41, 5.74) is -0.0231. The number of hydrogen-bond donors (Lipinski definition) is 1. The van der Waals surface area contributed by atoms with Crippen molar-refractivity contribution in [2.24, 2.45) is 5.92 Å². The Morgan fingerprint density at radius 1 is 1.44 bits per heavy atom. The molecule has 0 N–H and O–H groups in total. The molecule has 0 aromatic carbocycles. The number of ether oxygens (including phenoxy) is 2. The first-order valence-electron chi connectivity index (χ1n) is 3.13. The molecule has 2 atom stereocenters. The Balaban J connectivity index is 2.40. The second kappa shape index (κ2) is 2.90. The average molecular weight is 148 g/mol. The highest BCUT2D eigenvalue weighted by Gasteiger charge is 2.28. The van der Waals surface area contributed by atoms with Crippen molar-refractivity contribution in [3.63, 3.8) is 0 Å². The molecule has 0 aromatic heterocycles. The molecule has 1 aliphatic heterocycles. The van der Waals surface area contributed by atoms with E-state index in [1.165, 1.54) is 0 Å². The zero-order valence-corrected chi connectivity index (χ0v) is 6.60. The summed E-state index contributed by atoms with van der Waals surface area (Å²) in [6.07, 6.45) is 0.174. The van der Waals surface area contributed by atoms with E-state index >= 15 is 0 Å². The summed E-state index contributed by atoms with van der Waals surface area (Å²) in [5, 5.41) is 0. The van der Waals surface area contributed by atoms with Crippen molar-refractivity contribution in [3.8, 4) is 0 Å². The minimum absolute atomic E-state index is 0.0231. The zero-order valence-electron chi connectivity index (χ0n) is 5.70. The molecule has 0 bridgehead atoms. The van der Waals surface area contributed by atoms with Crippen LogP contribution in [-0.2, 0) is 9.47 Å². The normalized spacial score (nSPS) is 36.0. The summed E-state index contributed by atoms with van der Waals surface area (Å²) in [7, 11) is 0. The Morgan fingerprint density at radius 2 is 2.11 bits per heavy atom. The van der Waals surface area contributed by atoms with Crippen molar-refractivity contribution >= 4 is 12.6 Å². The SMILES string of the molecule is CC(C)C1OCOC1S. The Labute approximate surface area is 60.9 Å². The predicted molar refractivity (Wildman–Crippen MR) is 38.4 cm³/mol. The molecule has 3 heteroatoms. The first kappa shape index (κ1) is 7.38. The average Bonchev–Trinajstić information content (AvgIpc) is 2.13. The van der Waals surface area contributed by atoms with Crippen molar-refractivity contribution in [1.29, 1.82) is 0 Å². The molecule has 1 saturated heterocycles. The standard InChI is InChI=1S/C6H12O2S/c1-4(2)5-6(9)8-3-7-5/h4-6,9H,3H2,1-2H3. The molecule has 1 rings (SSSR count). The Kier molecular flexibility index (Phi) is 2.38. The van der Waals surface area contributed by atoms with Crippen LogP contribution in [0.1, 0.15) is 13.8 Å². The monoisotopic (exact) mass is 148 g/mol. The van der Waals surface area contributed by atoms with E-state index in [2.05, 4.69) is 26.5 Å². The van der Waals surface area contributed by atoms with E-state index < -0.39 is 0 Å². The lowest BCUT2D eigenvalue weighted by Gasteiger charge is -2.14. The fourth-order valence-corrected chi connectivity index (χ4v) is 1.38. The van der Waals surface area contributed by atoms with E-state index in [-0.39, 0.29) is 11.5 Å². The molecule has 1 fully saturated rings. The number of rotatable bonds is 1. The van der Waals surface area contributed by atoms with Gasteiger partial charge in [-0.2, -0.15) is 0 Å². The molecule has 0 amide bonds. The predicted octanol–water partition coefficient (Wildman–Crippen LogP) is 1.27. The van der Waals surface area contributed by atoms with Gasteiger partial charge < -0.3 is 9.47 Å². The minimum atomic E-state index is -0.0231. The summed E-state index contributed by atoms with van der Waals surface area (Å²) in [6, 6.07) is 0. The Morgan fingerprint density at radius 3 is 2.33 bits per heavy atom. The maximum atomic E-state index is 5.23. The molecule has 0 radical (unpaired) electrons. The molecule has 54 valence electrons. The maximum absolute atomic E-state index is 5.23. The number of hydrogen-bond acceptors (Lipinski definition) is 3. The van der Waals surface area contributed by atoms with Gasteiger partial charge in [0.2, 0.25) is 0 Å². The van der Waals surface area contributed by atoms with E-state index in [0.717, 1.165) is 0 Å². The van der Waals surface area contributed by atoms with Gasteiger partial charge in [-0.3, -0.25) is 0 Å². The molecular weight excluding hydrogens is 136 g/mol. The molecular formula is C6H12O2S. The summed E-state index contributed by atoms with van der Waals surface area (Å²) in [5.74, 6) is 0.495. The van der Waals surface area contributed by atoms with Gasteiger partial charge >= 0.3 is 0 Å². The van der Waals surface area contributed by atoms with Crippen LogP contribution >= 0.6 is 12.6 Å². The van der Waals surface area contributed by atoms with Crippen LogP contribution in [0.3, 0.4) is 0 Å². The third kappa shape index (κ3) is 1.60. The van der Waals surface area contributed by atoms with Gasteiger partial charge in [0.1, 0.15) is 12.2 Å². The van der Waals surface area contributed by atoms with E-state index in [0.29, 0.717) is 12.7 Å². The van der Waals surface area contributed by atoms with E-state index in [1.54, 1.807) is 0 Å². The maximum Gasteiger partial charge on any atom is 0.148 e. The fourth-order valence-electron chi connectivity index (χ4n) is 0.886. The largest absolute Gasteiger partial charge is 0.348 e. The molecule has 0 aromatic rings. The topological polar surface area (TPSA) is 18.5 Å². The van der Waals surface area contributed by atoms with Crippen LogP contribution in [0.2, 0.25) is 0 Å². The van der Waals surface area contributed by atoms with Crippen LogP contribution in [0.25, 0.3) is 0 Å². The van der Waals surface area contributed by atoms with E-state index in [9.17, 15) is 0 Å². The molecule has 0 saturated carbocycles. The summed E-state index contributed by atoms with van der Waals surface area (Å²) >= 11 is 4.18. The summed E-state index contributed by atoms with van der Waals surface area (Å²) in [6.45, 7) is 4.60. The van der Waals surface area contributed by atoms with Crippen molar-refractivity contribution in [2.75, 3.05) is 6.79 Å². The van der Waals surface area contributed by atoms with Gasteiger partial charge in [0, 0.05) is 0 Å². The van der Waals surface area contributed by atoms with E-state index in [4.69, 9.17) is 9.47 Å². The van der Waals surface area contributed by atoms with Crippen molar-refractivity contribution in [3.05, 3.63) is 0 Å². The quantitative estimate of drug-likeness (QED) is 0.564. The first-order valence-corrected chi connectivity index (χ1v) is 3.64. The van der Waals surface area contributed by atoms with Crippen LogP contribution in [0.15, 0.2) is 0 Å². The molecule has 2 unspecified atom stereocenters.